The van der Waals surface area contributed by atoms with Gasteiger partial charge in [-0.1, -0.05) is 35.3 Å². The standard InChI is InChI=1S/C15H16Cl2N2O2/c1-20-11-7-4-8-12(21-2)14(11)15(19-18)13-9(16)5-3-6-10(13)17/h3-8,15,19H,18H2,1-2H3. The van der Waals surface area contributed by atoms with Gasteiger partial charge in [-0.05, 0) is 24.3 Å². The summed E-state index contributed by atoms with van der Waals surface area (Å²) in [5.41, 5.74) is 4.15. The summed E-state index contributed by atoms with van der Waals surface area (Å²) >= 11 is 12.6. The number of nitrogens with one attached hydrogen (secondary N) is 1. The Labute approximate surface area is 133 Å². The van der Waals surface area contributed by atoms with Crippen LogP contribution in [0.2, 0.25) is 10.0 Å². The van der Waals surface area contributed by atoms with Gasteiger partial charge in [-0.3, -0.25) is 5.84 Å². The zero-order valence-electron chi connectivity index (χ0n) is 11.7. The second kappa shape index (κ2) is 7.00. The predicted molar refractivity (Wildman–Crippen MR) is 85.2 cm³/mol. The summed E-state index contributed by atoms with van der Waals surface area (Å²) in [5, 5.41) is 1.02. The highest BCUT2D eigenvalue weighted by Gasteiger charge is 2.25. The van der Waals surface area contributed by atoms with Gasteiger partial charge in [0.2, 0.25) is 0 Å². The SMILES string of the molecule is COc1cccc(OC)c1C(NN)c1c(Cl)cccc1Cl. The van der Waals surface area contributed by atoms with Crippen LogP contribution in [-0.4, -0.2) is 14.2 Å². The summed E-state index contributed by atoms with van der Waals surface area (Å²) in [5.74, 6) is 7.01. The number of nitrogens with two attached hydrogens (primary N) is 1. The fourth-order valence-electron chi connectivity index (χ4n) is 2.26. The minimum atomic E-state index is -0.461. The molecule has 0 saturated carbocycles. The lowest BCUT2D eigenvalue weighted by Crippen LogP contribution is -2.30. The van der Waals surface area contributed by atoms with E-state index in [1.807, 2.05) is 18.2 Å². The lowest BCUT2D eigenvalue weighted by Gasteiger charge is -2.23. The lowest BCUT2D eigenvalue weighted by molar-refractivity contribution is 0.377. The van der Waals surface area contributed by atoms with E-state index in [1.54, 1.807) is 32.4 Å². The predicted octanol–water partition coefficient (Wildman–Crippen LogP) is 3.56. The van der Waals surface area contributed by atoms with Crippen LogP contribution in [0.25, 0.3) is 0 Å². The average molecular weight is 327 g/mol. The minimum Gasteiger partial charge on any atom is -0.496 e. The number of rotatable bonds is 5. The van der Waals surface area contributed by atoms with Gasteiger partial charge in [0.25, 0.3) is 0 Å². The molecule has 2 aromatic rings. The van der Waals surface area contributed by atoms with Crippen molar-refractivity contribution < 1.29 is 9.47 Å². The first-order chi connectivity index (χ1) is 10.1. The summed E-state index contributed by atoms with van der Waals surface area (Å²) in [6.07, 6.45) is 0. The molecule has 0 aromatic heterocycles. The molecule has 0 fully saturated rings. The Morgan fingerprint density at radius 3 is 1.81 bits per heavy atom. The van der Waals surface area contributed by atoms with Crippen molar-refractivity contribution in [3.05, 3.63) is 57.6 Å². The summed E-state index contributed by atoms with van der Waals surface area (Å²) in [7, 11) is 3.17. The highest BCUT2D eigenvalue weighted by atomic mass is 35.5. The first kappa shape index (κ1) is 15.9. The summed E-state index contributed by atoms with van der Waals surface area (Å²) < 4.78 is 10.8. The molecular formula is C15H16Cl2N2O2. The van der Waals surface area contributed by atoms with Crippen LogP contribution in [0.15, 0.2) is 36.4 Å². The molecule has 4 nitrogen and oxygen atoms in total. The minimum absolute atomic E-state index is 0.461. The Hall–Kier alpha value is -1.46. The molecule has 2 aromatic carbocycles. The number of methoxy groups -OCH3 is 2. The highest BCUT2D eigenvalue weighted by molar-refractivity contribution is 6.36. The molecule has 6 heteroatoms. The van der Waals surface area contributed by atoms with Gasteiger partial charge in [0.15, 0.2) is 0 Å². The third kappa shape index (κ3) is 3.09. The van der Waals surface area contributed by atoms with Gasteiger partial charge in [-0.2, -0.15) is 0 Å². The third-order valence-corrected chi connectivity index (χ3v) is 3.87. The Balaban J connectivity index is 2.67. The molecule has 1 unspecified atom stereocenters. The molecule has 21 heavy (non-hydrogen) atoms. The van der Waals surface area contributed by atoms with E-state index in [2.05, 4.69) is 5.43 Å². The molecule has 0 aliphatic heterocycles. The lowest BCUT2D eigenvalue weighted by atomic mass is 9.97. The fraction of sp³-hybridized carbons (Fsp3) is 0.200. The summed E-state index contributed by atoms with van der Waals surface area (Å²) in [4.78, 5) is 0. The van der Waals surface area contributed by atoms with E-state index in [9.17, 15) is 0 Å². The monoisotopic (exact) mass is 326 g/mol. The molecule has 0 radical (unpaired) electrons. The second-order valence-electron chi connectivity index (χ2n) is 4.31. The maximum Gasteiger partial charge on any atom is 0.127 e. The van der Waals surface area contributed by atoms with Crippen LogP contribution in [-0.2, 0) is 0 Å². The van der Waals surface area contributed by atoms with Crippen LogP contribution in [0.3, 0.4) is 0 Å². The zero-order valence-corrected chi connectivity index (χ0v) is 13.2. The molecular weight excluding hydrogens is 311 g/mol. The van der Waals surface area contributed by atoms with Gasteiger partial charge in [0.1, 0.15) is 11.5 Å². The molecule has 112 valence electrons. The quantitative estimate of drug-likeness (QED) is 0.651. The molecule has 0 amide bonds. The Morgan fingerprint density at radius 2 is 1.38 bits per heavy atom. The molecule has 0 saturated heterocycles. The van der Waals surface area contributed by atoms with Crippen molar-refractivity contribution in [1.29, 1.82) is 0 Å². The van der Waals surface area contributed by atoms with Crippen molar-refractivity contribution in [1.82, 2.24) is 5.43 Å². The molecule has 1 atom stereocenters. The van der Waals surface area contributed by atoms with Crippen LogP contribution < -0.4 is 20.7 Å². The zero-order chi connectivity index (χ0) is 15.4. The van der Waals surface area contributed by atoms with E-state index < -0.39 is 6.04 Å². The first-order valence-corrected chi connectivity index (χ1v) is 7.00. The number of hydrazine groups is 1. The van der Waals surface area contributed by atoms with Crippen molar-refractivity contribution in [2.75, 3.05) is 14.2 Å². The molecule has 0 heterocycles. The van der Waals surface area contributed by atoms with E-state index in [0.29, 0.717) is 27.1 Å². The van der Waals surface area contributed by atoms with Crippen molar-refractivity contribution in [2.45, 2.75) is 6.04 Å². The molecule has 2 rings (SSSR count). The van der Waals surface area contributed by atoms with Gasteiger partial charge >= 0.3 is 0 Å². The Kier molecular flexibility index (Phi) is 5.31. The van der Waals surface area contributed by atoms with E-state index in [1.165, 1.54) is 0 Å². The number of ether oxygens (including phenoxy) is 2. The number of hydrogen-bond acceptors (Lipinski definition) is 4. The van der Waals surface area contributed by atoms with E-state index in [0.717, 1.165) is 5.56 Å². The summed E-state index contributed by atoms with van der Waals surface area (Å²) in [6.45, 7) is 0. The van der Waals surface area contributed by atoms with Gasteiger partial charge in [-0.25, -0.2) is 5.43 Å². The van der Waals surface area contributed by atoms with E-state index in [4.69, 9.17) is 38.5 Å². The third-order valence-electron chi connectivity index (χ3n) is 3.21. The first-order valence-electron chi connectivity index (χ1n) is 6.25. The van der Waals surface area contributed by atoms with Gasteiger partial charge in [0.05, 0.1) is 25.8 Å². The van der Waals surface area contributed by atoms with Crippen molar-refractivity contribution in [3.63, 3.8) is 0 Å². The van der Waals surface area contributed by atoms with E-state index >= 15 is 0 Å². The molecule has 0 aliphatic carbocycles. The van der Waals surface area contributed by atoms with Gasteiger partial charge in [0, 0.05) is 15.6 Å². The van der Waals surface area contributed by atoms with Crippen LogP contribution in [0, 0.1) is 0 Å². The number of halogens is 2. The fourth-order valence-corrected chi connectivity index (χ4v) is 2.88. The topological polar surface area (TPSA) is 56.5 Å². The highest BCUT2D eigenvalue weighted by Crippen LogP contribution is 2.41. The van der Waals surface area contributed by atoms with Crippen molar-refractivity contribution in [3.8, 4) is 11.5 Å². The Morgan fingerprint density at radius 1 is 0.905 bits per heavy atom. The largest absolute Gasteiger partial charge is 0.496 e. The average Bonchev–Trinajstić information content (AvgIpc) is 2.50. The van der Waals surface area contributed by atoms with Crippen LogP contribution in [0.4, 0.5) is 0 Å². The number of hydrogen-bond donors (Lipinski definition) is 2. The number of benzene rings is 2. The van der Waals surface area contributed by atoms with Crippen LogP contribution in [0.1, 0.15) is 17.2 Å². The molecule has 0 spiro atoms. The second-order valence-corrected chi connectivity index (χ2v) is 5.13. The smallest absolute Gasteiger partial charge is 0.127 e. The molecule has 0 bridgehead atoms. The van der Waals surface area contributed by atoms with Crippen LogP contribution >= 0.6 is 23.2 Å². The maximum absolute atomic E-state index is 6.28. The van der Waals surface area contributed by atoms with Crippen molar-refractivity contribution >= 4 is 23.2 Å². The molecule has 3 N–H and O–H groups in total. The van der Waals surface area contributed by atoms with Crippen LogP contribution in [0.5, 0.6) is 11.5 Å². The normalized spacial score (nSPS) is 12.0. The van der Waals surface area contributed by atoms with Crippen molar-refractivity contribution in [2.24, 2.45) is 5.84 Å². The van der Waals surface area contributed by atoms with E-state index in [-0.39, 0.29) is 0 Å². The summed E-state index contributed by atoms with van der Waals surface area (Å²) in [6, 6.07) is 10.3. The maximum atomic E-state index is 6.28. The van der Waals surface area contributed by atoms with Gasteiger partial charge < -0.3 is 9.47 Å². The Bertz CT molecular complexity index is 593. The molecule has 0 aliphatic rings. The van der Waals surface area contributed by atoms with Gasteiger partial charge in [-0.15, -0.1) is 0 Å².